The van der Waals surface area contributed by atoms with E-state index in [9.17, 15) is 4.79 Å². The Morgan fingerprint density at radius 2 is 2.33 bits per heavy atom. The Morgan fingerprint density at radius 3 is 3.08 bits per heavy atom. The van der Waals surface area contributed by atoms with Crippen LogP contribution in [0, 0.1) is 0 Å². The maximum atomic E-state index is 12.8. The van der Waals surface area contributed by atoms with Crippen molar-refractivity contribution in [2.45, 2.75) is 44.6 Å². The van der Waals surface area contributed by atoms with Crippen LogP contribution < -0.4 is 0 Å². The van der Waals surface area contributed by atoms with E-state index in [-0.39, 0.29) is 11.9 Å². The molecule has 5 heteroatoms. The summed E-state index contributed by atoms with van der Waals surface area (Å²) >= 11 is 1.74. The van der Waals surface area contributed by atoms with E-state index in [1.54, 1.807) is 17.7 Å². The molecule has 1 amide bonds. The summed E-state index contributed by atoms with van der Waals surface area (Å²) in [6.07, 6.45) is 13.9. The second-order valence-corrected chi connectivity index (χ2v) is 7.35. The molecule has 2 aromatic heterocycles. The fraction of sp³-hybridized carbons (Fsp3) is 0.474. The van der Waals surface area contributed by atoms with Crippen LogP contribution in [0.25, 0.3) is 6.08 Å². The van der Waals surface area contributed by atoms with E-state index in [4.69, 9.17) is 0 Å². The lowest BCUT2D eigenvalue weighted by Gasteiger charge is -2.28. The molecule has 0 spiro atoms. The first-order valence-corrected chi connectivity index (χ1v) is 9.58. The summed E-state index contributed by atoms with van der Waals surface area (Å²) in [4.78, 5) is 20.3. The van der Waals surface area contributed by atoms with Crippen molar-refractivity contribution in [2.75, 3.05) is 6.54 Å². The summed E-state index contributed by atoms with van der Waals surface area (Å²) in [6.45, 7) is 0.879. The van der Waals surface area contributed by atoms with Crippen LogP contribution in [0.4, 0.5) is 0 Å². The Labute approximate surface area is 147 Å². The molecule has 0 bridgehead atoms. The third kappa shape index (κ3) is 4.35. The summed E-state index contributed by atoms with van der Waals surface area (Å²) in [5.41, 5.74) is 1.11. The van der Waals surface area contributed by atoms with Gasteiger partial charge in [0.05, 0.1) is 12.4 Å². The molecule has 1 atom stereocenters. The third-order valence-electron chi connectivity index (χ3n) is 4.66. The predicted molar refractivity (Wildman–Crippen MR) is 98.9 cm³/mol. The van der Waals surface area contributed by atoms with Crippen molar-refractivity contribution in [1.29, 1.82) is 0 Å². The predicted octanol–water partition coefficient (Wildman–Crippen LogP) is 3.90. The minimum absolute atomic E-state index is 0.230. The monoisotopic (exact) mass is 343 g/mol. The molecule has 0 radical (unpaired) electrons. The minimum Gasteiger partial charge on any atom is -0.338 e. The first kappa shape index (κ1) is 17.0. The number of nitrogens with zero attached hydrogens (tertiary/aromatic N) is 3. The van der Waals surface area contributed by atoms with E-state index >= 15 is 0 Å². The number of aromatic nitrogens is 2. The summed E-state index contributed by atoms with van der Waals surface area (Å²) in [5, 5.41) is 2.09. The van der Waals surface area contributed by atoms with E-state index in [1.807, 2.05) is 17.8 Å². The molecule has 128 valence electrons. The average Bonchev–Trinajstić information content (AvgIpc) is 3.18. The van der Waals surface area contributed by atoms with Crippen LogP contribution in [0.1, 0.15) is 42.7 Å². The molecule has 24 heavy (non-hydrogen) atoms. The van der Waals surface area contributed by atoms with Crippen molar-refractivity contribution in [1.82, 2.24) is 14.5 Å². The van der Waals surface area contributed by atoms with Crippen molar-refractivity contribution in [3.05, 3.63) is 46.7 Å². The molecule has 1 aliphatic heterocycles. The van der Waals surface area contributed by atoms with Gasteiger partial charge in [0.25, 0.3) is 0 Å². The van der Waals surface area contributed by atoms with Gasteiger partial charge >= 0.3 is 0 Å². The largest absolute Gasteiger partial charge is 0.338 e. The average molecular weight is 343 g/mol. The number of hydrogen-bond donors (Lipinski definition) is 0. The maximum absolute atomic E-state index is 12.8. The zero-order valence-corrected chi connectivity index (χ0v) is 15.0. The van der Waals surface area contributed by atoms with Crippen molar-refractivity contribution >= 4 is 23.3 Å². The van der Waals surface area contributed by atoms with Gasteiger partial charge in [0, 0.05) is 36.8 Å². The Balaban J connectivity index is 1.64. The van der Waals surface area contributed by atoms with E-state index in [0.717, 1.165) is 31.5 Å². The molecule has 0 aromatic carbocycles. The summed E-state index contributed by atoms with van der Waals surface area (Å²) < 4.78 is 1.99. The van der Waals surface area contributed by atoms with Crippen LogP contribution in [0.5, 0.6) is 0 Å². The molecule has 1 aliphatic rings. The van der Waals surface area contributed by atoms with Gasteiger partial charge in [0.2, 0.25) is 5.91 Å². The Morgan fingerprint density at radius 1 is 1.42 bits per heavy atom. The SMILES string of the molecule is Cn1cncc1CCC(=O)N1CCCCCC1C=Cc1cccs1. The third-order valence-corrected chi connectivity index (χ3v) is 5.49. The quantitative estimate of drug-likeness (QED) is 0.826. The molecule has 3 heterocycles. The van der Waals surface area contributed by atoms with Crippen LogP contribution in [0.3, 0.4) is 0 Å². The number of amides is 1. The molecule has 3 rings (SSSR count). The molecule has 2 aromatic rings. The van der Waals surface area contributed by atoms with Crippen LogP contribution in [0.15, 0.2) is 36.1 Å². The highest BCUT2D eigenvalue weighted by atomic mass is 32.1. The van der Waals surface area contributed by atoms with Crippen LogP contribution in [-0.4, -0.2) is 32.9 Å². The van der Waals surface area contributed by atoms with Crippen molar-refractivity contribution in [3.8, 4) is 0 Å². The fourth-order valence-electron chi connectivity index (χ4n) is 3.24. The van der Waals surface area contributed by atoms with E-state index in [0.29, 0.717) is 6.42 Å². The molecule has 1 fully saturated rings. The Kier molecular flexibility index (Phi) is 5.86. The van der Waals surface area contributed by atoms with Crippen molar-refractivity contribution in [2.24, 2.45) is 7.05 Å². The van der Waals surface area contributed by atoms with Crippen molar-refractivity contribution in [3.63, 3.8) is 0 Å². The summed E-state index contributed by atoms with van der Waals surface area (Å²) in [7, 11) is 1.98. The highest BCUT2D eigenvalue weighted by Gasteiger charge is 2.23. The van der Waals surface area contributed by atoms with Gasteiger partial charge in [-0.05, 0) is 36.8 Å². The van der Waals surface area contributed by atoms with Crippen LogP contribution in [0.2, 0.25) is 0 Å². The lowest BCUT2D eigenvalue weighted by molar-refractivity contribution is -0.132. The molecule has 0 saturated carbocycles. The first-order chi connectivity index (χ1) is 11.7. The van der Waals surface area contributed by atoms with Gasteiger partial charge < -0.3 is 9.47 Å². The number of carbonyl (C=O) groups excluding carboxylic acids is 1. The Hall–Kier alpha value is -1.88. The Bertz CT molecular complexity index is 675. The standard InChI is InChI=1S/C19H25N3OS/c1-21-15-20-14-17(21)9-11-19(23)22-12-4-2-3-6-16(22)8-10-18-7-5-13-24-18/h5,7-8,10,13-16H,2-4,6,9,11-12H2,1H3. The van der Waals surface area contributed by atoms with Gasteiger partial charge in [-0.2, -0.15) is 0 Å². The van der Waals surface area contributed by atoms with Gasteiger partial charge in [0.1, 0.15) is 0 Å². The van der Waals surface area contributed by atoms with Gasteiger partial charge in [-0.25, -0.2) is 4.98 Å². The number of aryl methyl sites for hydroxylation is 2. The zero-order valence-electron chi connectivity index (χ0n) is 14.2. The number of rotatable bonds is 5. The van der Waals surface area contributed by atoms with Crippen molar-refractivity contribution < 1.29 is 4.79 Å². The van der Waals surface area contributed by atoms with Crippen LogP contribution >= 0.6 is 11.3 Å². The van der Waals surface area contributed by atoms with Gasteiger partial charge in [-0.15, -0.1) is 11.3 Å². The molecule has 4 nitrogen and oxygen atoms in total. The summed E-state index contributed by atoms with van der Waals surface area (Å²) in [5.74, 6) is 0.263. The highest BCUT2D eigenvalue weighted by Crippen LogP contribution is 2.21. The van der Waals surface area contributed by atoms with Gasteiger partial charge in [0.15, 0.2) is 0 Å². The molecule has 1 saturated heterocycles. The van der Waals surface area contributed by atoms with Crippen LogP contribution in [-0.2, 0) is 18.3 Å². The minimum atomic E-state index is 0.230. The van der Waals surface area contributed by atoms with E-state index in [1.165, 1.54) is 17.7 Å². The number of thiophene rings is 1. The number of likely N-dealkylation sites (tertiary alicyclic amines) is 1. The molecule has 0 N–H and O–H groups in total. The van der Waals surface area contributed by atoms with Gasteiger partial charge in [-0.1, -0.05) is 25.0 Å². The number of imidazole rings is 1. The highest BCUT2D eigenvalue weighted by molar-refractivity contribution is 7.10. The second-order valence-electron chi connectivity index (χ2n) is 6.37. The molecular formula is C19H25N3OS. The molecular weight excluding hydrogens is 318 g/mol. The van der Waals surface area contributed by atoms with Gasteiger partial charge in [-0.3, -0.25) is 4.79 Å². The second kappa shape index (κ2) is 8.29. The lowest BCUT2D eigenvalue weighted by atomic mass is 10.1. The molecule has 0 aliphatic carbocycles. The van der Waals surface area contributed by atoms with E-state index in [2.05, 4.69) is 39.5 Å². The molecule has 1 unspecified atom stereocenters. The first-order valence-electron chi connectivity index (χ1n) is 8.70. The van der Waals surface area contributed by atoms with E-state index < -0.39 is 0 Å². The lowest BCUT2D eigenvalue weighted by Crippen LogP contribution is -2.39. The number of carbonyl (C=O) groups is 1. The summed E-state index contributed by atoms with van der Waals surface area (Å²) in [6, 6.07) is 4.41. The maximum Gasteiger partial charge on any atom is 0.223 e. The number of hydrogen-bond acceptors (Lipinski definition) is 3. The topological polar surface area (TPSA) is 38.1 Å². The zero-order chi connectivity index (χ0) is 16.8. The smallest absolute Gasteiger partial charge is 0.223 e. The normalized spacial score (nSPS) is 18.9. The fourth-order valence-corrected chi connectivity index (χ4v) is 3.87.